The highest BCUT2D eigenvalue weighted by atomic mass is 16.3. The van der Waals surface area contributed by atoms with Crippen molar-refractivity contribution in [2.75, 3.05) is 7.05 Å². The van der Waals surface area contributed by atoms with E-state index in [1.165, 1.54) is 18.8 Å². The molecule has 0 spiro atoms. The molecule has 0 aromatic carbocycles. The maximum absolute atomic E-state index is 12.8. The van der Waals surface area contributed by atoms with Gasteiger partial charge in [-0.2, -0.15) is 10.2 Å². The minimum Gasteiger partial charge on any atom is -0.494 e. The van der Waals surface area contributed by atoms with Crippen LogP contribution in [0.4, 0.5) is 0 Å². The fraction of sp³-hybridized carbons (Fsp3) is 0.286. The van der Waals surface area contributed by atoms with Crippen molar-refractivity contribution in [3.63, 3.8) is 0 Å². The minimum atomic E-state index is -0.288. The first-order chi connectivity index (χ1) is 14.6. The van der Waals surface area contributed by atoms with Gasteiger partial charge in [-0.15, -0.1) is 0 Å². The molecule has 0 aliphatic carbocycles. The minimum absolute atomic E-state index is 0.0538. The van der Waals surface area contributed by atoms with Crippen LogP contribution in [0.15, 0.2) is 20.8 Å². The van der Waals surface area contributed by atoms with Gasteiger partial charge in [0.05, 0.1) is 11.1 Å². The Hall–Kier alpha value is -3.95. The van der Waals surface area contributed by atoms with E-state index in [-0.39, 0.29) is 22.9 Å². The molecule has 1 aromatic heterocycles. The van der Waals surface area contributed by atoms with Gasteiger partial charge in [-0.05, 0) is 37.1 Å². The van der Waals surface area contributed by atoms with Crippen molar-refractivity contribution in [2.24, 2.45) is 26.2 Å². The summed E-state index contributed by atoms with van der Waals surface area (Å²) in [5.74, 6) is 0.0625. The summed E-state index contributed by atoms with van der Waals surface area (Å²) >= 11 is 0. The summed E-state index contributed by atoms with van der Waals surface area (Å²) in [6.45, 7) is 3.45. The molecule has 4 heterocycles. The highest BCUT2D eigenvalue weighted by Crippen LogP contribution is 2.31. The van der Waals surface area contributed by atoms with Gasteiger partial charge in [0, 0.05) is 39.0 Å². The van der Waals surface area contributed by atoms with E-state index < -0.39 is 0 Å². The number of carbonyl (C=O) groups excluding carboxylic acids is 1. The molecule has 0 atom stereocenters. The van der Waals surface area contributed by atoms with Crippen LogP contribution in [0, 0.1) is 13.8 Å². The Balaban J connectivity index is 1.92. The monoisotopic (exact) mass is 422 g/mol. The zero-order chi connectivity index (χ0) is 22.8. The van der Waals surface area contributed by atoms with Crippen molar-refractivity contribution < 1.29 is 9.90 Å². The number of fused-ring (bicyclic) bond motifs is 2. The summed E-state index contributed by atoms with van der Waals surface area (Å²) in [7, 11) is 6.29. The largest absolute Gasteiger partial charge is 0.494 e. The van der Waals surface area contributed by atoms with Crippen molar-refractivity contribution in [2.45, 2.75) is 13.8 Å². The summed E-state index contributed by atoms with van der Waals surface area (Å²) < 4.78 is 4.02. The molecule has 0 unspecified atom stereocenters. The molecular formula is C21H22N6O4. The number of allylic oxidation sites excluding steroid dienone is 1. The number of pyridine rings is 2. The Morgan fingerprint density at radius 2 is 1.58 bits per heavy atom. The van der Waals surface area contributed by atoms with E-state index in [0.717, 1.165) is 0 Å². The molecule has 3 aliphatic rings. The molecule has 0 saturated heterocycles. The maximum atomic E-state index is 12.8. The van der Waals surface area contributed by atoms with Crippen molar-refractivity contribution in [1.82, 2.24) is 23.9 Å². The van der Waals surface area contributed by atoms with Crippen LogP contribution in [-0.4, -0.2) is 42.0 Å². The van der Waals surface area contributed by atoms with Gasteiger partial charge >= 0.3 is 0 Å². The average Bonchev–Trinajstić information content (AvgIpc) is 3.20. The van der Waals surface area contributed by atoms with Gasteiger partial charge in [-0.3, -0.25) is 23.5 Å². The first-order valence-corrected chi connectivity index (χ1v) is 9.56. The fourth-order valence-electron chi connectivity index (χ4n) is 3.91. The number of aromatic nitrogens is 4. The van der Waals surface area contributed by atoms with E-state index in [1.807, 2.05) is 0 Å². The second-order valence-corrected chi connectivity index (χ2v) is 7.60. The molecular weight excluding hydrogens is 400 g/mol. The summed E-state index contributed by atoms with van der Waals surface area (Å²) in [5.41, 5.74) is 2.17. The standard InChI is InChI=1S/C21H22N6O4/c1-10-12(18(28)24(3)16-14(10)20(30)26(5)22-16)8-7-9-13-11(2)15-17(25(4)19(13)29)23-27(6)21(15)31/h7-9,28H,1-6H3. The number of hydrogen-bond donors (Lipinski definition) is 1. The first kappa shape index (κ1) is 20.3. The topological polar surface area (TPSA) is 115 Å². The normalized spacial score (nSPS) is 14.2. The molecule has 0 radical (unpaired) electrons. The van der Waals surface area contributed by atoms with Gasteiger partial charge in [0.1, 0.15) is 0 Å². The number of hydrogen-bond acceptors (Lipinski definition) is 6. The third-order valence-corrected chi connectivity index (χ3v) is 5.77. The van der Waals surface area contributed by atoms with Gasteiger partial charge in [0.15, 0.2) is 17.2 Å². The second-order valence-electron chi connectivity index (χ2n) is 7.60. The molecule has 10 nitrogen and oxygen atoms in total. The number of amides is 1. The van der Waals surface area contributed by atoms with E-state index >= 15 is 0 Å². The molecule has 1 aromatic rings. The zero-order valence-corrected chi connectivity index (χ0v) is 18.1. The lowest BCUT2D eigenvalue weighted by Crippen LogP contribution is -2.44. The van der Waals surface area contributed by atoms with Gasteiger partial charge in [0.25, 0.3) is 17.0 Å². The molecule has 1 amide bonds. The Labute approximate surface area is 176 Å². The van der Waals surface area contributed by atoms with Crippen molar-refractivity contribution in [3.05, 3.63) is 59.7 Å². The Bertz CT molecular complexity index is 1520. The first-order valence-electron chi connectivity index (χ1n) is 9.56. The van der Waals surface area contributed by atoms with E-state index in [1.54, 1.807) is 60.3 Å². The van der Waals surface area contributed by atoms with Gasteiger partial charge in [-0.25, -0.2) is 9.69 Å². The van der Waals surface area contributed by atoms with Crippen LogP contribution in [-0.2, 0) is 21.1 Å². The maximum Gasteiger partial charge on any atom is 0.277 e. The third kappa shape index (κ3) is 2.75. The highest BCUT2D eigenvalue weighted by molar-refractivity contribution is 5.96. The quantitative estimate of drug-likeness (QED) is 0.590. The average molecular weight is 422 g/mol. The van der Waals surface area contributed by atoms with Crippen molar-refractivity contribution in [3.8, 4) is 17.3 Å². The van der Waals surface area contributed by atoms with Crippen molar-refractivity contribution >= 4 is 18.1 Å². The number of aryl methyl sites for hydroxylation is 1. The van der Waals surface area contributed by atoms with Crippen LogP contribution in [0.1, 0.15) is 27.0 Å². The lowest BCUT2D eigenvalue weighted by atomic mass is 10.0. The predicted molar refractivity (Wildman–Crippen MR) is 114 cm³/mol. The lowest BCUT2D eigenvalue weighted by molar-refractivity contribution is 0.0815. The Kier molecular flexibility index (Phi) is 4.46. The van der Waals surface area contributed by atoms with Crippen LogP contribution >= 0.6 is 0 Å². The molecule has 0 saturated carbocycles. The molecule has 0 bridgehead atoms. The van der Waals surface area contributed by atoms with Gasteiger partial charge in [-0.1, -0.05) is 6.08 Å². The molecule has 3 aliphatic heterocycles. The number of carbonyl (C=O) groups is 1. The highest BCUT2D eigenvalue weighted by Gasteiger charge is 2.26. The number of rotatable bonds is 2. The lowest BCUT2D eigenvalue weighted by Gasteiger charge is -2.14. The van der Waals surface area contributed by atoms with E-state index in [0.29, 0.717) is 44.3 Å². The van der Waals surface area contributed by atoms with Crippen LogP contribution < -0.4 is 21.8 Å². The SMILES string of the molecule is Cc1c(C=CC=c2c(C)c3c(n(C)c2=O)=NN(C)C3=O)c(O)n(C)c2nn(C)c(=O)c1-2. The Morgan fingerprint density at radius 3 is 2.26 bits per heavy atom. The van der Waals surface area contributed by atoms with Gasteiger partial charge in [0.2, 0.25) is 0 Å². The Morgan fingerprint density at radius 1 is 0.903 bits per heavy atom. The fourth-order valence-corrected chi connectivity index (χ4v) is 3.91. The van der Waals surface area contributed by atoms with Crippen LogP contribution in [0.3, 0.4) is 0 Å². The summed E-state index contributed by atoms with van der Waals surface area (Å²) in [6, 6.07) is 0. The third-order valence-electron chi connectivity index (χ3n) is 5.77. The van der Waals surface area contributed by atoms with Crippen LogP contribution in [0.25, 0.3) is 23.5 Å². The summed E-state index contributed by atoms with van der Waals surface area (Å²) in [6.07, 6.45) is 4.83. The number of nitrogens with zero attached hydrogens (tertiary/aromatic N) is 6. The van der Waals surface area contributed by atoms with E-state index in [9.17, 15) is 19.5 Å². The van der Waals surface area contributed by atoms with Crippen LogP contribution in [0.5, 0.6) is 5.88 Å². The van der Waals surface area contributed by atoms with E-state index in [4.69, 9.17) is 0 Å². The molecule has 10 heteroatoms. The van der Waals surface area contributed by atoms with Crippen LogP contribution in [0.2, 0.25) is 0 Å². The van der Waals surface area contributed by atoms with Gasteiger partial charge < -0.3 is 5.11 Å². The molecule has 160 valence electrons. The zero-order valence-electron chi connectivity index (χ0n) is 18.1. The number of aromatic hydroxyl groups is 1. The smallest absolute Gasteiger partial charge is 0.277 e. The molecule has 4 rings (SSSR count). The molecule has 0 fully saturated rings. The van der Waals surface area contributed by atoms with E-state index in [2.05, 4.69) is 10.2 Å². The molecule has 31 heavy (non-hydrogen) atoms. The molecule has 1 N–H and O–H groups in total. The summed E-state index contributed by atoms with van der Waals surface area (Å²) in [4.78, 5) is 37.7. The predicted octanol–water partition coefficient (Wildman–Crippen LogP) is -0.641. The second kappa shape index (κ2) is 6.79. The summed E-state index contributed by atoms with van der Waals surface area (Å²) in [5, 5.41) is 20.5. The van der Waals surface area contributed by atoms with Crippen molar-refractivity contribution in [1.29, 1.82) is 0 Å².